The van der Waals surface area contributed by atoms with Crippen LogP contribution in [0.2, 0.25) is 0 Å². The Morgan fingerprint density at radius 1 is 0.781 bits per heavy atom. The molecule has 0 saturated heterocycles. The van der Waals surface area contributed by atoms with Crippen LogP contribution in [0.4, 0.5) is 0 Å². The molecule has 2 aromatic carbocycles. The van der Waals surface area contributed by atoms with Crippen molar-refractivity contribution in [2.24, 2.45) is 0 Å². The van der Waals surface area contributed by atoms with E-state index in [0.29, 0.717) is 24.0 Å². The zero-order valence-corrected chi connectivity index (χ0v) is 17.4. The molecule has 2 aliphatic carbocycles. The third-order valence-corrected chi connectivity index (χ3v) is 6.35. The Balaban J connectivity index is 1.68. The first kappa shape index (κ1) is 20.2. The normalized spacial score (nSPS) is 23.8. The number of carbonyl (C=O) groups is 1. The lowest BCUT2D eigenvalue weighted by Gasteiger charge is -2.32. The van der Waals surface area contributed by atoms with Gasteiger partial charge in [-0.15, -0.1) is 0 Å². The van der Waals surface area contributed by atoms with Gasteiger partial charge in [0.05, 0.1) is 6.42 Å². The van der Waals surface area contributed by atoms with E-state index in [1.54, 1.807) is 24.3 Å². The van der Waals surface area contributed by atoms with Crippen LogP contribution in [-0.4, -0.2) is 21.1 Å². The fourth-order valence-corrected chi connectivity index (χ4v) is 4.74. The number of Topliss-reactive ketones (excluding diaryl/α,β-unsaturated/α-hetero) is 1. The van der Waals surface area contributed by atoms with Crippen LogP contribution in [0.25, 0.3) is 0 Å². The quantitative estimate of drug-likeness (QED) is 0.583. The molecule has 162 valence electrons. The van der Waals surface area contributed by atoms with Gasteiger partial charge in [-0.25, -0.2) is 0 Å². The van der Waals surface area contributed by atoms with Gasteiger partial charge in [0.1, 0.15) is 34.7 Å². The molecule has 0 fully saturated rings. The van der Waals surface area contributed by atoms with E-state index in [9.17, 15) is 20.1 Å². The highest BCUT2D eigenvalue weighted by atomic mass is 16.5. The molecule has 1 aliphatic heterocycles. The standard InChI is InChI=1S/C27H24O5/c28-19-13-11-16(12-14-19)21-15-20(29)24-26(31)22(17-7-3-1-4-8-17)25(30)23(27(24)32-21)18-9-5-2-6-10-18/h1-7,9,11-14,17-18,21,28,30-31H,8,10,15H2. The van der Waals surface area contributed by atoms with Crippen molar-refractivity contribution in [3.05, 3.63) is 95.1 Å². The van der Waals surface area contributed by atoms with E-state index in [0.717, 1.165) is 5.56 Å². The van der Waals surface area contributed by atoms with Crippen molar-refractivity contribution < 1.29 is 24.9 Å². The summed E-state index contributed by atoms with van der Waals surface area (Å²) in [7, 11) is 0. The van der Waals surface area contributed by atoms with Crippen molar-refractivity contribution in [2.75, 3.05) is 0 Å². The van der Waals surface area contributed by atoms with Gasteiger partial charge >= 0.3 is 0 Å². The number of fused-ring (bicyclic) bond motifs is 1. The summed E-state index contributed by atoms with van der Waals surface area (Å²) in [6.07, 6.45) is 16.3. The minimum absolute atomic E-state index is 0.0182. The maximum Gasteiger partial charge on any atom is 0.174 e. The molecule has 0 spiro atoms. The molecule has 0 saturated carbocycles. The highest BCUT2D eigenvalue weighted by Crippen LogP contribution is 2.54. The van der Waals surface area contributed by atoms with Gasteiger partial charge in [-0.1, -0.05) is 60.7 Å². The van der Waals surface area contributed by atoms with Crippen LogP contribution in [0.15, 0.2) is 72.9 Å². The van der Waals surface area contributed by atoms with E-state index in [-0.39, 0.29) is 52.6 Å². The number of ether oxygens (including phenoxy) is 1. The van der Waals surface area contributed by atoms with Gasteiger partial charge in [-0.05, 0) is 30.5 Å². The Kier molecular flexibility index (Phi) is 5.10. The van der Waals surface area contributed by atoms with Gasteiger partial charge < -0.3 is 20.1 Å². The SMILES string of the molecule is O=C1CC(c2ccc(O)cc2)Oc2c1c(O)c(C1C=CC=CC1)c(O)c2C1C=CC=CC1. The van der Waals surface area contributed by atoms with Crippen LogP contribution in [0.5, 0.6) is 23.0 Å². The highest BCUT2D eigenvalue weighted by molar-refractivity contribution is 6.04. The molecule has 0 radical (unpaired) electrons. The van der Waals surface area contributed by atoms with Crippen molar-refractivity contribution in [3.63, 3.8) is 0 Å². The van der Waals surface area contributed by atoms with Crippen molar-refractivity contribution >= 4 is 5.78 Å². The monoisotopic (exact) mass is 428 g/mol. The third-order valence-electron chi connectivity index (χ3n) is 6.35. The largest absolute Gasteiger partial charge is 0.508 e. The number of phenols is 3. The Hall–Kier alpha value is -3.73. The van der Waals surface area contributed by atoms with Gasteiger partial charge in [-0.3, -0.25) is 4.79 Å². The summed E-state index contributed by atoms with van der Waals surface area (Å²) in [5.41, 5.74) is 1.81. The number of rotatable bonds is 3. The zero-order valence-electron chi connectivity index (χ0n) is 17.4. The molecule has 2 aromatic rings. The summed E-state index contributed by atoms with van der Waals surface area (Å²) >= 11 is 0. The molecule has 3 unspecified atom stereocenters. The van der Waals surface area contributed by atoms with Crippen LogP contribution < -0.4 is 4.74 Å². The second-order valence-corrected chi connectivity index (χ2v) is 8.36. The van der Waals surface area contributed by atoms with Crippen molar-refractivity contribution in [1.82, 2.24) is 0 Å². The smallest absolute Gasteiger partial charge is 0.174 e. The number of carbonyl (C=O) groups excluding carboxylic acids is 1. The van der Waals surface area contributed by atoms with Gasteiger partial charge in [0.25, 0.3) is 0 Å². The number of phenolic OH excluding ortho intramolecular Hbond substituents is 3. The number of aromatic hydroxyl groups is 3. The molecule has 5 rings (SSSR count). The zero-order chi connectivity index (χ0) is 22.2. The first-order chi connectivity index (χ1) is 15.5. The first-order valence-electron chi connectivity index (χ1n) is 10.8. The predicted molar refractivity (Wildman–Crippen MR) is 121 cm³/mol. The lowest BCUT2D eigenvalue weighted by molar-refractivity contribution is 0.0841. The van der Waals surface area contributed by atoms with E-state index >= 15 is 0 Å². The minimum atomic E-state index is -0.570. The molecule has 0 bridgehead atoms. The second-order valence-electron chi connectivity index (χ2n) is 8.36. The lowest BCUT2D eigenvalue weighted by Crippen LogP contribution is -2.23. The van der Waals surface area contributed by atoms with Crippen LogP contribution in [0, 0.1) is 0 Å². The van der Waals surface area contributed by atoms with Gasteiger partial charge in [-0.2, -0.15) is 0 Å². The topological polar surface area (TPSA) is 87.0 Å². The van der Waals surface area contributed by atoms with Gasteiger partial charge in [0.2, 0.25) is 0 Å². The predicted octanol–water partition coefficient (Wildman–Crippen LogP) is 5.71. The molecule has 1 heterocycles. The minimum Gasteiger partial charge on any atom is -0.508 e. The molecule has 3 aliphatic rings. The summed E-state index contributed by atoms with van der Waals surface area (Å²) in [6, 6.07) is 6.54. The number of ketones is 1. The second kappa shape index (κ2) is 8.08. The molecule has 0 aromatic heterocycles. The fourth-order valence-electron chi connectivity index (χ4n) is 4.74. The number of allylic oxidation sites excluding steroid dienone is 8. The van der Waals surface area contributed by atoms with Crippen molar-refractivity contribution in [1.29, 1.82) is 0 Å². The molecular weight excluding hydrogens is 404 g/mol. The molecule has 3 atom stereocenters. The van der Waals surface area contributed by atoms with Crippen LogP contribution in [0.1, 0.15) is 64.3 Å². The third kappa shape index (κ3) is 3.40. The molecule has 5 nitrogen and oxygen atoms in total. The molecule has 0 amide bonds. The average molecular weight is 428 g/mol. The molecular formula is C27H24O5. The lowest BCUT2D eigenvalue weighted by atomic mass is 9.80. The van der Waals surface area contributed by atoms with Crippen molar-refractivity contribution in [2.45, 2.75) is 37.2 Å². The number of benzene rings is 2. The van der Waals surface area contributed by atoms with E-state index < -0.39 is 6.10 Å². The van der Waals surface area contributed by atoms with Crippen LogP contribution >= 0.6 is 0 Å². The maximum atomic E-state index is 13.3. The summed E-state index contributed by atoms with van der Waals surface area (Å²) in [4.78, 5) is 13.3. The first-order valence-corrected chi connectivity index (χ1v) is 10.8. The molecule has 5 heteroatoms. The summed E-state index contributed by atoms with van der Waals surface area (Å²) < 4.78 is 6.30. The van der Waals surface area contributed by atoms with Crippen LogP contribution in [-0.2, 0) is 0 Å². The maximum absolute atomic E-state index is 13.3. The number of hydrogen-bond acceptors (Lipinski definition) is 5. The van der Waals surface area contributed by atoms with Crippen LogP contribution in [0.3, 0.4) is 0 Å². The summed E-state index contributed by atoms with van der Waals surface area (Å²) in [5.74, 6) is -0.470. The van der Waals surface area contributed by atoms with Gasteiger partial charge in [0.15, 0.2) is 5.78 Å². The Labute approximate surface area is 186 Å². The van der Waals surface area contributed by atoms with E-state index in [1.807, 2.05) is 48.6 Å². The molecule has 32 heavy (non-hydrogen) atoms. The van der Waals surface area contributed by atoms with E-state index in [2.05, 4.69) is 0 Å². The Morgan fingerprint density at radius 2 is 1.41 bits per heavy atom. The Bertz CT molecular complexity index is 1180. The summed E-state index contributed by atoms with van der Waals surface area (Å²) in [5, 5.41) is 32.2. The van der Waals surface area contributed by atoms with Gasteiger partial charge in [0, 0.05) is 23.0 Å². The summed E-state index contributed by atoms with van der Waals surface area (Å²) in [6.45, 7) is 0. The fraction of sp³-hybridized carbons (Fsp3) is 0.222. The molecule has 3 N–H and O–H groups in total. The van der Waals surface area contributed by atoms with E-state index in [1.165, 1.54) is 0 Å². The highest BCUT2D eigenvalue weighted by Gasteiger charge is 2.38. The van der Waals surface area contributed by atoms with Crippen molar-refractivity contribution in [3.8, 4) is 23.0 Å². The van der Waals surface area contributed by atoms with E-state index in [4.69, 9.17) is 4.74 Å². The number of hydrogen-bond donors (Lipinski definition) is 3. The average Bonchev–Trinajstić information content (AvgIpc) is 2.80. The Morgan fingerprint density at radius 3 is 2.00 bits per heavy atom.